The highest BCUT2D eigenvalue weighted by Crippen LogP contribution is 2.45. The summed E-state index contributed by atoms with van der Waals surface area (Å²) in [4.78, 5) is 4.65. The van der Waals surface area contributed by atoms with Crippen LogP contribution in [0.4, 0.5) is 0 Å². The summed E-state index contributed by atoms with van der Waals surface area (Å²) >= 11 is 0. The van der Waals surface area contributed by atoms with E-state index in [-0.39, 0.29) is 11.5 Å². The van der Waals surface area contributed by atoms with Gasteiger partial charge in [0.1, 0.15) is 0 Å². The summed E-state index contributed by atoms with van der Waals surface area (Å²) in [6.45, 7) is 14.0. The van der Waals surface area contributed by atoms with Gasteiger partial charge in [0.15, 0.2) is 24.1 Å². The van der Waals surface area contributed by atoms with E-state index in [9.17, 15) is 0 Å². The van der Waals surface area contributed by atoms with Crippen LogP contribution in [0.15, 0.2) is 171 Å². The Morgan fingerprint density at radius 3 is 2.22 bits per heavy atom. The maximum atomic E-state index is 4.86. The molecule has 3 aromatic heterocycles. The first-order chi connectivity index (χ1) is 28.2. The van der Waals surface area contributed by atoms with Crippen LogP contribution in [0, 0.1) is 6.92 Å². The van der Waals surface area contributed by atoms with Crippen molar-refractivity contribution in [1.82, 2.24) is 4.98 Å². The van der Waals surface area contributed by atoms with Gasteiger partial charge in [-0.1, -0.05) is 112 Å². The number of benzene rings is 5. The smallest absolute Gasteiger partial charge is 0.218 e. The van der Waals surface area contributed by atoms with Gasteiger partial charge in [-0.3, -0.25) is 4.98 Å². The average Bonchev–Trinajstić information content (AvgIpc) is 3.25. The van der Waals surface area contributed by atoms with Crippen LogP contribution in [0.1, 0.15) is 67.8 Å². The number of allylic oxidation sites excluding steroid dienone is 1. The topological polar surface area (TPSA) is 20.6 Å². The zero-order valence-corrected chi connectivity index (χ0v) is 33.9. The zero-order valence-electron chi connectivity index (χ0n) is 33.9. The first kappa shape index (κ1) is 35.9. The van der Waals surface area contributed by atoms with Gasteiger partial charge < -0.3 is 0 Å². The monoisotopic (exact) mass is 751 g/mol. The fraction of sp³-hybridized carbons (Fsp3) is 0.182. The third kappa shape index (κ3) is 6.26. The van der Waals surface area contributed by atoms with Gasteiger partial charge in [0.25, 0.3) is 0 Å². The highest BCUT2D eigenvalue weighted by Gasteiger charge is 2.42. The molecule has 0 spiro atoms. The predicted octanol–water partition coefficient (Wildman–Crippen LogP) is 12.9. The number of fused-ring (bicyclic) bond motifs is 10. The summed E-state index contributed by atoms with van der Waals surface area (Å²) in [6.07, 6.45) is 11.4. The first-order valence-corrected chi connectivity index (χ1v) is 20.7. The van der Waals surface area contributed by atoms with E-state index in [4.69, 9.17) is 6.58 Å². The highest BCUT2D eigenvalue weighted by molar-refractivity contribution is 6.05. The molecule has 0 N–H and O–H groups in total. The van der Waals surface area contributed by atoms with Gasteiger partial charge >= 0.3 is 0 Å². The Morgan fingerprint density at radius 1 is 0.621 bits per heavy atom. The van der Waals surface area contributed by atoms with E-state index in [1.807, 2.05) is 12.4 Å². The van der Waals surface area contributed by atoms with Gasteiger partial charge in [-0.05, 0) is 117 Å². The molecule has 0 saturated heterocycles. The molecule has 0 bridgehead atoms. The average molecular weight is 752 g/mol. The normalized spacial score (nSPS) is 16.1. The van der Waals surface area contributed by atoms with Crippen LogP contribution in [0.2, 0.25) is 0 Å². The fourth-order valence-electron chi connectivity index (χ4n) is 9.66. The van der Waals surface area contributed by atoms with Gasteiger partial charge in [-0.2, -0.15) is 9.13 Å². The lowest BCUT2D eigenvalue weighted by Crippen LogP contribution is -2.49. The lowest BCUT2D eigenvalue weighted by Gasteiger charge is -2.31. The fourth-order valence-corrected chi connectivity index (χ4v) is 9.66. The van der Waals surface area contributed by atoms with E-state index in [1.54, 1.807) is 0 Å². The second-order valence-electron chi connectivity index (χ2n) is 17.4. The Morgan fingerprint density at radius 2 is 1.38 bits per heavy atom. The maximum Gasteiger partial charge on any atom is 0.218 e. The maximum absolute atomic E-state index is 4.86. The van der Waals surface area contributed by atoms with E-state index in [0.29, 0.717) is 5.92 Å². The van der Waals surface area contributed by atoms with Crippen LogP contribution < -0.4 is 9.13 Å². The van der Waals surface area contributed by atoms with Gasteiger partial charge in [0.05, 0.1) is 12.0 Å². The van der Waals surface area contributed by atoms with Crippen molar-refractivity contribution in [2.24, 2.45) is 0 Å². The molecule has 0 amide bonds. The molecule has 3 nitrogen and oxygen atoms in total. The molecule has 58 heavy (non-hydrogen) atoms. The highest BCUT2D eigenvalue weighted by atomic mass is 15.0. The third-order valence-corrected chi connectivity index (χ3v) is 12.7. The van der Waals surface area contributed by atoms with Crippen molar-refractivity contribution in [3.8, 4) is 55.9 Å². The Labute approximate surface area is 342 Å². The van der Waals surface area contributed by atoms with Crippen LogP contribution in [-0.4, -0.2) is 4.98 Å². The second-order valence-corrected chi connectivity index (χ2v) is 17.4. The number of hydrogen-bond acceptors (Lipinski definition) is 1. The van der Waals surface area contributed by atoms with Crippen molar-refractivity contribution < 1.29 is 9.13 Å². The molecule has 0 saturated carbocycles. The quantitative estimate of drug-likeness (QED) is 0.165. The number of nitrogens with zero attached hydrogens (tertiary/aromatic N) is 3. The standard InChI is InChI=1S/C55H49N3/c1-36-25-28-58-52(30-36)48-17-10-9-16-46(48)49-21-20-39-18-19-42(33-50(39)54-34-43(55(3,4)5)26-29-57(54)37(2)31-53(49)58)44-22-23-45(51-35-56-27-24-47(44)51)41-15-11-14-40(32-41)38-12-7-6-8-13-38/h6-19,22-30,32-35,49,53H,2,20-21,31H2,1,3-5H3/q+2. The lowest BCUT2D eigenvalue weighted by molar-refractivity contribution is -0.720. The summed E-state index contributed by atoms with van der Waals surface area (Å²) in [5.74, 6) is 0.348. The first-order valence-electron chi connectivity index (χ1n) is 20.7. The van der Waals surface area contributed by atoms with Gasteiger partial charge in [0, 0.05) is 53.5 Å². The molecule has 0 radical (unpaired) electrons. The molecule has 2 aliphatic rings. The van der Waals surface area contributed by atoms with Crippen molar-refractivity contribution in [3.63, 3.8) is 0 Å². The number of aromatic nitrogens is 3. The Bertz CT molecular complexity index is 2900. The Hall–Kier alpha value is -6.45. The Kier molecular flexibility index (Phi) is 8.78. The van der Waals surface area contributed by atoms with Gasteiger partial charge in [-0.25, -0.2) is 0 Å². The van der Waals surface area contributed by atoms with E-state index < -0.39 is 0 Å². The molecule has 8 aromatic rings. The van der Waals surface area contributed by atoms with E-state index >= 15 is 0 Å². The molecule has 2 unspecified atom stereocenters. The van der Waals surface area contributed by atoms with E-state index in [1.165, 1.54) is 83.5 Å². The molecular weight excluding hydrogens is 703 g/mol. The summed E-state index contributed by atoms with van der Waals surface area (Å²) < 4.78 is 4.93. The van der Waals surface area contributed by atoms with Crippen molar-refractivity contribution in [1.29, 1.82) is 0 Å². The summed E-state index contributed by atoms with van der Waals surface area (Å²) in [5.41, 5.74) is 18.9. The third-order valence-electron chi connectivity index (χ3n) is 12.7. The minimum absolute atomic E-state index is 0.00824. The number of pyridine rings is 3. The predicted molar refractivity (Wildman–Crippen MR) is 239 cm³/mol. The van der Waals surface area contributed by atoms with Gasteiger partial charge in [0.2, 0.25) is 11.4 Å². The minimum Gasteiger partial charge on any atom is -0.264 e. The summed E-state index contributed by atoms with van der Waals surface area (Å²) in [5, 5.41) is 2.35. The molecule has 3 heteroatoms. The van der Waals surface area contributed by atoms with Crippen molar-refractivity contribution in [2.45, 2.75) is 64.3 Å². The molecule has 5 aromatic carbocycles. The molecular formula is C55H49N3+2. The zero-order chi connectivity index (χ0) is 39.5. The molecule has 0 fully saturated rings. The van der Waals surface area contributed by atoms with Crippen LogP contribution in [0.25, 0.3) is 72.4 Å². The SMILES string of the molecule is C=C1CC2C(CCc3ccc(-c4ccc(-c5cccc(-c6ccccc6)c5)c5cnccc45)cc3-c3cc(C(C)(C)C)cc[n+]31)c1ccccc1-c1cc(C)cc[n+]12. The summed E-state index contributed by atoms with van der Waals surface area (Å²) in [6, 6.07) is 52.2. The molecule has 0 aliphatic carbocycles. The van der Waals surface area contributed by atoms with Crippen molar-refractivity contribution in [3.05, 3.63) is 193 Å². The summed E-state index contributed by atoms with van der Waals surface area (Å²) in [7, 11) is 0. The molecule has 5 heterocycles. The van der Waals surface area contributed by atoms with Crippen LogP contribution in [-0.2, 0) is 11.8 Å². The number of rotatable bonds is 3. The van der Waals surface area contributed by atoms with Crippen LogP contribution in [0.5, 0.6) is 0 Å². The molecule has 2 atom stereocenters. The van der Waals surface area contributed by atoms with E-state index in [0.717, 1.165) is 30.3 Å². The Balaban J connectivity index is 1.12. The second kappa shape index (κ2) is 14.2. The molecule has 10 rings (SSSR count). The van der Waals surface area contributed by atoms with Crippen molar-refractivity contribution >= 4 is 16.5 Å². The van der Waals surface area contributed by atoms with Crippen LogP contribution >= 0.6 is 0 Å². The molecule has 282 valence electrons. The number of aryl methyl sites for hydroxylation is 2. The number of hydrogen-bond donors (Lipinski definition) is 0. The minimum atomic E-state index is -0.00824. The van der Waals surface area contributed by atoms with Crippen LogP contribution in [0.3, 0.4) is 0 Å². The largest absolute Gasteiger partial charge is 0.264 e. The van der Waals surface area contributed by atoms with Gasteiger partial charge in [-0.15, -0.1) is 0 Å². The molecule has 2 aliphatic heterocycles. The van der Waals surface area contributed by atoms with Crippen molar-refractivity contribution in [2.75, 3.05) is 0 Å². The lowest BCUT2D eigenvalue weighted by atomic mass is 9.77. The van der Waals surface area contributed by atoms with E-state index in [2.05, 4.69) is 194 Å².